The van der Waals surface area contributed by atoms with Gasteiger partial charge in [-0.3, -0.25) is 0 Å². The smallest absolute Gasteiger partial charge is 0.329 e. The third kappa shape index (κ3) is 3.30. The van der Waals surface area contributed by atoms with E-state index < -0.39 is 5.97 Å². The number of piperidine rings is 1. The maximum atomic E-state index is 10.5. The average Bonchev–Trinajstić information content (AvgIpc) is 2.37. The number of carboxylic acids is 1. The van der Waals surface area contributed by atoms with E-state index in [4.69, 9.17) is 15.6 Å². The van der Waals surface area contributed by atoms with Gasteiger partial charge in [0.25, 0.3) is 0 Å². The summed E-state index contributed by atoms with van der Waals surface area (Å²) < 4.78 is 5.31. The number of anilines is 2. The number of nitrogens with zero attached hydrogens (tertiary/aromatic N) is 3. The second-order valence-electron chi connectivity index (χ2n) is 4.19. The predicted molar refractivity (Wildman–Crippen MR) is 65.3 cm³/mol. The summed E-state index contributed by atoms with van der Waals surface area (Å²) in [6, 6.07) is 1.79. The molecule has 1 aromatic heterocycles. The first-order chi connectivity index (χ1) is 8.65. The van der Waals surface area contributed by atoms with E-state index in [0.717, 1.165) is 25.2 Å². The van der Waals surface area contributed by atoms with Crippen LogP contribution in [0.25, 0.3) is 0 Å². The molecule has 0 amide bonds. The minimum atomic E-state index is -0.946. The third-order valence-electron chi connectivity index (χ3n) is 2.80. The molecule has 0 aliphatic carbocycles. The number of nitrogens with two attached hydrogens (primary N) is 1. The molecule has 1 atom stereocenters. The van der Waals surface area contributed by atoms with Crippen molar-refractivity contribution in [3.05, 3.63) is 12.3 Å². The van der Waals surface area contributed by atoms with Crippen LogP contribution in [-0.4, -0.2) is 46.8 Å². The fraction of sp³-hybridized carbons (Fsp3) is 0.545. The highest BCUT2D eigenvalue weighted by atomic mass is 16.5. The van der Waals surface area contributed by atoms with Crippen LogP contribution < -0.4 is 10.6 Å². The lowest BCUT2D eigenvalue weighted by molar-refractivity contribution is -0.144. The summed E-state index contributed by atoms with van der Waals surface area (Å²) >= 11 is 0. The van der Waals surface area contributed by atoms with Crippen molar-refractivity contribution < 1.29 is 14.6 Å². The van der Waals surface area contributed by atoms with Crippen LogP contribution in [0.3, 0.4) is 0 Å². The Hall–Kier alpha value is -1.89. The molecule has 1 aliphatic rings. The lowest BCUT2D eigenvalue weighted by Crippen LogP contribution is -2.40. The highest BCUT2D eigenvalue weighted by Gasteiger charge is 2.22. The number of nitrogen functional groups attached to an aromatic ring is 1. The molecular formula is C11H16N4O3. The van der Waals surface area contributed by atoms with Crippen molar-refractivity contribution in [2.75, 3.05) is 30.3 Å². The van der Waals surface area contributed by atoms with Gasteiger partial charge in [0.15, 0.2) is 0 Å². The van der Waals surface area contributed by atoms with Gasteiger partial charge in [-0.05, 0) is 18.9 Å². The van der Waals surface area contributed by atoms with Crippen LogP contribution in [0, 0.1) is 0 Å². The van der Waals surface area contributed by atoms with Crippen LogP contribution in [0.15, 0.2) is 12.3 Å². The Kier molecular flexibility index (Phi) is 3.93. The lowest BCUT2D eigenvalue weighted by Gasteiger charge is -2.33. The molecule has 0 bridgehead atoms. The fourth-order valence-corrected chi connectivity index (χ4v) is 2.01. The van der Waals surface area contributed by atoms with Crippen molar-refractivity contribution in [1.29, 1.82) is 0 Å². The highest BCUT2D eigenvalue weighted by Crippen LogP contribution is 2.19. The normalized spacial score (nSPS) is 19.8. The van der Waals surface area contributed by atoms with Crippen molar-refractivity contribution in [3.63, 3.8) is 0 Å². The van der Waals surface area contributed by atoms with Gasteiger partial charge in [-0.15, -0.1) is 0 Å². The zero-order valence-electron chi connectivity index (χ0n) is 9.95. The Labute approximate surface area is 105 Å². The Morgan fingerprint density at radius 1 is 1.67 bits per heavy atom. The third-order valence-corrected chi connectivity index (χ3v) is 2.80. The molecule has 0 unspecified atom stereocenters. The zero-order valence-corrected chi connectivity index (χ0v) is 9.95. The Morgan fingerprint density at radius 3 is 3.22 bits per heavy atom. The van der Waals surface area contributed by atoms with Gasteiger partial charge in [0.05, 0.1) is 6.10 Å². The molecule has 3 N–H and O–H groups in total. The van der Waals surface area contributed by atoms with Crippen molar-refractivity contribution in [2.45, 2.75) is 18.9 Å². The predicted octanol–water partition coefficient (Wildman–Crippen LogP) is 0.129. The molecule has 1 aromatic rings. The summed E-state index contributed by atoms with van der Waals surface area (Å²) in [6.45, 7) is 1.23. The first kappa shape index (κ1) is 12.6. The van der Waals surface area contributed by atoms with E-state index >= 15 is 0 Å². The van der Waals surface area contributed by atoms with Gasteiger partial charge in [0.1, 0.15) is 12.4 Å². The zero-order chi connectivity index (χ0) is 13.0. The molecule has 0 spiro atoms. The maximum Gasteiger partial charge on any atom is 0.329 e. The lowest BCUT2D eigenvalue weighted by atomic mass is 10.1. The first-order valence-electron chi connectivity index (χ1n) is 5.82. The number of aliphatic carboxylic acids is 1. The number of carboxylic acid groups (broad SMARTS) is 1. The van der Waals surface area contributed by atoms with Crippen LogP contribution in [0.1, 0.15) is 12.8 Å². The number of ether oxygens (including phenoxy) is 1. The molecule has 0 radical (unpaired) electrons. The molecule has 98 valence electrons. The molecular weight excluding hydrogens is 236 g/mol. The van der Waals surface area contributed by atoms with Crippen LogP contribution >= 0.6 is 0 Å². The largest absolute Gasteiger partial charge is 0.480 e. The fourth-order valence-electron chi connectivity index (χ4n) is 2.01. The number of hydrogen-bond acceptors (Lipinski definition) is 6. The average molecular weight is 252 g/mol. The highest BCUT2D eigenvalue weighted by molar-refractivity contribution is 5.68. The van der Waals surface area contributed by atoms with Crippen molar-refractivity contribution in [2.24, 2.45) is 0 Å². The maximum absolute atomic E-state index is 10.5. The Morgan fingerprint density at radius 2 is 2.50 bits per heavy atom. The van der Waals surface area contributed by atoms with Crippen LogP contribution in [0.2, 0.25) is 0 Å². The van der Waals surface area contributed by atoms with Gasteiger partial charge in [0, 0.05) is 19.3 Å². The molecule has 2 heterocycles. The van der Waals surface area contributed by atoms with Crippen LogP contribution in [-0.2, 0) is 9.53 Å². The SMILES string of the molecule is Nc1nccc(N2CCC[C@H](OCC(=O)O)C2)n1. The molecule has 2 rings (SSSR count). The van der Waals surface area contributed by atoms with E-state index in [1.807, 2.05) is 4.90 Å². The molecule has 7 heteroatoms. The van der Waals surface area contributed by atoms with Crippen LogP contribution in [0.5, 0.6) is 0 Å². The molecule has 1 aliphatic heterocycles. The summed E-state index contributed by atoms with van der Waals surface area (Å²) in [4.78, 5) is 20.5. The summed E-state index contributed by atoms with van der Waals surface area (Å²) in [5, 5.41) is 8.59. The Bertz CT molecular complexity index is 427. The minimum absolute atomic E-state index is 0.0777. The number of hydrogen-bond donors (Lipinski definition) is 2. The van der Waals surface area contributed by atoms with E-state index in [0.29, 0.717) is 6.54 Å². The van der Waals surface area contributed by atoms with E-state index in [1.165, 1.54) is 0 Å². The second kappa shape index (κ2) is 5.63. The van der Waals surface area contributed by atoms with Gasteiger partial charge in [-0.1, -0.05) is 0 Å². The summed E-state index contributed by atoms with van der Waals surface area (Å²) in [5.41, 5.74) is 5.54. The topological polar surface area (TPSA) is 102 Å². The van der Waals surface area contributed by atoms with Crippen molar-refractivity contribution >= 4 is 17.7 Å². The molecule has 1 saturated heterocycles. The Balaban J connectivity index is 1.96. The van der Waals surface area contributed by atoms with E-state index in [1.54, 1.807) is 12.3 Å². The van der Waals surface area contributed by atoms with Gasteiger partial charge in [-0.2, -0.15) is 4.98 Å². The van der Waals surface area contributed by atoms with Gasteiger partial charge < -0.3 is 20.5 Å². The summed E-state index contributed by atoms with van der Waals surface area (Å²) in [6.07, 6.45) is 3.34. The molecule has 7 nitrogen and oxygen atoms in total. The van der Waals surface area contributed by atoms with Gasteiger partial charge in [-0.25, -0.2) is 9.78 Å². The monoisotopic (exact) mass is 252 g/mol. The van der Waals surface area contributed by atoms with Crippen molar-refractivity contribution in [1.82, 2.24) is 9.97 Å². The van der Waals surface area contributed by atoms with Gasteiger partial charge in [0.2, 0.25) is 5.95 Å². The van der Waals surface area contributed by atoms with Gasteiger partial charge >= 0.3 is 5.97 Å². The van der Waals surface area contributed by atoms with Crippen molar-refractivity contribution in [3.8, 4) is 0 Å². The number of carbonyl (C=O) groups is 1. The summed E-state index contributed by atoms with van der Waals surface area (Å²) in [7, 11) is 0. The van der Waals surface area contributed by atoms with Crippen LogP contribution in [0.4, 0.5) is 11.8 Å². The molecule has 1 fully saturated rings. The van der Waals surface area contributed by atoms with E-state index in [2.05, 4.69) is 9.97 Å². The summed E-state index contributed by atoms with van der Waals surface area (Å²) in [5.74, 6) is 0.0469. The van der Waals surface area contributed by atoms with E-state index in [-0.39, 0.29) is 18.7 Å². The number of rotatable bonds is 4. The quantitative estimate of drug-likeness (QED) is 0.785. The first-order valence-corrected chi connectivity index (χ1v) is 5.82. The standard InChI is InChI=1S/C11H16N4O3/c12-11-13-4-3-9(14-11)15-5-1-2-8(6-15)18-7-10(16)17/h3-4,8H,1-2,5-7H2,(H,16,17)(H2,12,13,14)/t8-/m0/s1. The molecule has 0 saturated carbocycles. The molecule has 0 aromatic carbocycles. The van der Waals surface area contributed by atoms with E-state index in [9.17, 15) is 4.79 Å². The number of aromatic nitrogens is 2. The minimum Gasteiger partial charge on any atom is -0.480 e. The molecule has 18 heavy (non-hydrogen) atoms. The second-order valence-corrected chi connectivity index (χ2v) is 4.19.